The van der Waals surface area contributed by atoms with Crippen molar-refractivity contribution >= 4 is 17.6 Å². The molecule has 0 saturated heterocycles. The number of benzene rings is 1. The van der Waals surface area contributed by atoms with Gasteiger partial charge in [0.15, 0.2) is 6.04 Å². The first-order valence-electron chi connectivity index (χ1n) is 5.91. The Bertz CT molecular complexity index is 489. The second-order valence-corrected chi connectivity index (χ2v) is 4.18. The molecule has 0 saturated carbocycles. The van der Waals surface area contributed by atoms with Crippen LogP contribution in [0.5, 0.6) is 0 Å². The van der Waals surface area contributed by atoms with Crippen LogP contribution in [-0.4, -0.2) is 38.2 Å². The Morgan fingerprint density at radius 2 is 1.74 bits per heavy atom. The maximum Gasteiger partial charge on any atom is 0.330 e. The van der Waals surface area contributed by atoms with E-state index in [1.807, 2.05) is 24.3 Å². The number of fused-ring (bicyclic) bond motifs is 1. The van der Waals surface area contributed by atoms with Crippen molar-refractivity contribution in [3.05, 3.63) is 29.8 Å². The molecular weight excluding hydrogens is 248 g/mol. The van der Waals surface area contributed by atoms with Crippen LogP contribution in [0.3, 0.4) is 0 Å². The van der Waals surface area contributed by atoms with Gasteiger partial charge in [-0.15, -0.1) is 0 Å². The summed E-state index contributed by atoms with van der Waals surface area (Å²) in [7, 11) is 2.57. The van der Waals surface area contributed by atoms with E-state index in [1.165, 1.54) is 14.2 Å². The van der Waals surface area contributed by atoms with Crippen molar-refractivity contribution in [3.63, 3.8) is 0 Å². The first-order chi connectivity index (χ1) is 9.17. The van der Waals surface area contributed by atoms with Crippen molar-refractivity contribution in [3.8, 4) is 0 Å². The lowest BCUT2D eigenvalue weighted by atomic mass is 10.1. The minimum absolute atomic E-state index is 0.469. The molecule has 0 aromatic heterocycles. The van der Waals surface area contributed by atoms with Crippen LogP contribution in [0, 0.1) is 0 Å². The van der Waals surface area contributed by atoms with Crippen molar-refractivity contribution in [2.75, 3.05) is 19.5 Å². The van der Waals surface area contributed by atoms with Gasteiger partial charge in [0.1, 0.15) is 6.04 Å². The van der Waals surface area contributed by atoms with E-state index in [2.05, 4.69) is 10.6 Å². The maximum absolute atomic E-state index is 11.8. The van der Waals surface area contributed by atoms with Crippen LogP contribution >= 0.6 is 0 Å². The normalized spacial score (nSPS) is 21.6. The standard InChI is InChI=1S/C13H16N2O4/c1-18-12(16)10-11(13(17)19-2)15-9-6-4-3-5-8(9)7-14-10/h3-6,10-11,14-15H,7H2,1-2H3. The minimum atomic E-state index is -0.818. The number of hydrogen-bond donors (Lipinski definition) is 2. The molecule has 0 amide bonds. The molecule has 1 aromatic rings. The van der Waals surface area contributed by atoms with Crippen LogP contribution in [0.15, 0.2) is 24.3 Å². The van der Waals surface area contributed by atoms with E-state index < -0.39 is 24.0 Å². The molecule has 2 atom stereocenters. The largest absolute Gasteiger partial charge is 0.468 e. The van der Waals surface area contributed by atoms with Gasteiger partial charge < -0.3 is 14.8 Å². The summed E-state index contributed by atoms with van der Waals surface area (Å²) in [5.41, 5.74) is 1.78. The van der Waals surface area contributed by atoms with Crippen LogP contribution in [0.1, 0.15) is 5.56 Å². The third-order valence-corrected chi connectivity index (χ3v) is 3.08. The monoisotopic (exact) mass is 264 g/mol. The summed E-state index contributed by atoms with van der Waals surface area (Å²) >= 11 is 0. The van der Waals surface area contributed by atoms with Crippen LogP contribution in [0.4, 0.5) is 5.69 Å². The lowest BCUT2D eigenvalue weighted by Gasteiger charge is -2.22. The summed E-state index contributed by atoms with van der Waals surface area (Å²) in [5, 5.41) is 6.05. The van der Waals surface area contributed by atoms with Gasteiger partial charge in [0.25, 0.3) is 0 Å². The zero-order valence-electron chi connectivity index (χ0n) is 10.8. The Hall–Kier alpha value is -2.08. The third kappa shape index (κ3) is 2.68. The molecule has 1 aliphatic heterocycles. The molecule has 0 bridgehead atoms. The summed E-state index contributed by atoms with van der Waals surface area (Å²) in [6.07, 6.45) is 0. The molecule has 0 spiro atoms. The summed E-state index contributed by atoms with van der Waals surface area (Å²) in [4.78, 5) is 23.6. The number of ether oxygens (including phenoxy) is 2. The quantitative estimate of drug-likeness (QED) is 0.747. The van der Waals surface area contributed by atoms with Gasteiger partial charge in [0.2, 0.25) is 0 Å². The highest BCUT2D eigenvalue weighted by Crippen LogP contribution is 2.21. The molecular formula is C13H16N2O4. The molecule has 102 valence electrons. The number of rotatable bonds is 2. The topological polar surface area (TPSA) is 76.7 Å². The van der Waals surface area contributed by atoms with Crippen molar-refractivity contribution in [2.45, 2.75) is 18.6 Å². The molecule has 2 rings (SSSR count). The Balaban J connectivity index is 2.33. The lowest BCUT2D eigenvalue weighted by Crippen LogP contribution is -2.52. The summed E-state index contributed by atoms with van der Waals surface area (Å²) in [5.74, 6) is -1.02. The number of para-hydroxylation sites is 1. The minimum Gasteiger partial charge on any atom is -0.468 e. The first kappa shape index (κ1) is 13.4. The number of nitrogens with one attached hydrogen (secondary N) is 2. The predicted octanol–water partition coefficient (Wildman–Crippen LogP) is 0.285. The molecule has 2 N–H and O–H groups in total. The van der Waals surface area contributed by atoms with Gasteiger partial charge in [-0.1, -0.05) is 18.2 Å². The molecule has 1 aromatic carbocycles. The van der Waals surface area contributed by atoms with Crippen LogP contribution < -0.4 is 10.6 Å². The van der Waals surface area contributed by atoms with E-state index >= 15 is 0 Å². The van der Waals surface area contributed by atoms with E-state index in [0.717, 1.165) is 11.3 Å². The van der Waals surface area contributed by atoms with Gasteiger partial charge in [-0.3, -0.25) is 10.1 Å². The molecule has 2 unspecified atom stereocenters. The number of carbonyl (C=O) groups is 2. The number of carbonyl (C=O) groups excluding carboxylic acids is 2. The van der Waals surface area contributed by atoms with Gasteiger partial charge in [-0.2, -0.15) is 0 Å². The van der Waals surface area contributed by atoms with Gasteiger partial charge in [0, 0.05) is 12.2 Å². The molecule has 0 fully saturated rings. The molecule has 1 heterocycles. The SMILES string of the molecule is COC(=O)C1NCc2ccccc2NC1C(=O)OC. The zero-order chi connectivity index (χ0) is 13.8. The Morgan fingerprint density at radius 3 is 2.42 bits per heavy atom. The second-order valence-electron chi connectivity index (χ2n) is 4.18. The Kier molecular flexibility index (Phi) is 4.01. The molecule has 6 heteroatoms. The van der Waals surface area contributed by atoms with E-state index in [4.69, 9.17) is 9.47 Å². The highest BCUT2D eigenvalue weighted by Gasteiger charge is 2.37. The lowest BCUT2D eigenvalue weighted by molar-refractivity contribution is -0.150. The molecule has 19 heavy (non-hydrogen) atoms. The smallest absolute Gasteiger partial charge is 0.330 e. The fourth-order valence-electron chi connectivity index (χ4n) is 2.07. The van der Waals surface area contributed by atoms with E-state index in [0.29, 0.717) is 6.54 Å². The van der Waals surface area contributed by atoms with Crippen LogP contribution in [0.2, 0.25) is 0 Å². The first-order valence-corrected chi connectivity index (χ1v) is 5.91. The van der Waals surface area contributed by atoms with Crippen LogP contribution in [0.25, 0.3) is 0 Å². The van der Waals surface area contributed by atoms with Gasteiger partial charge in [-0.05, 0) is 11.6 Å². The van der Waals surface area contributed by atoms with Gasteiger partial charge in [-0.25, -0.2) is 4.79 Å². The van der Waals surface area contributed by atoms with Crippen molar-refractivity contribution in [2.24, 2.45) is 0 Å². The summed E-state index contributed by atoms with van der Waals surface area (Å²) in [6.45, 7) is 0.469. The van der Waals surface area contributed by atoms with Crippen molar-refractivity contribution in [1.82, 2.24) is 5.32 Å². The van der Waals surface area contributed by atoms with Gasteiger partial charge in [0.05, 0.1) is 14.2 Å². The molecule has 6 nitrogen and oxygen atoms in total. The Morgan fingerprint density at radius 1 is 1.11 bits per heavy atom. The number of esters is 2. The number of hydrogen-bond acceptors (Lipinski definition) is 6. The Labute approximate surface area is 111 Å². The third-order valence-electron chi connectivity index (χ3n) is 3.08. The second kappa shape index (κ2) is 5.71. The number of anilines is 1. The highest BCUT2D eigenvalue weighted by molar-refractivity contribution is 5.90. The fraction of sp³-hybridized carbons (Fsp3) is 0.385. The average Bonchev–Trinajstić information content (AvgIpc) is 2.65. The van der Waals surface area contributed by atoms with E-state index in [-0.39, 0.29) is 0 Å². The maximum atomic E-state index is 11.8. The van der Waals surface area contributed by atoms with E-state index in [1.54, 1.807) is 0 Å². The summed E-state index contributed by atoms with van der Waals surface area (Å²) in [6, 6.07) is 5.92. The van der Waals surface area contributed by atoms with E-state index in [9.17, 15) is 9.59 Å². The number of methoxy groups -OCH3 is 2. The van der Waals surface area contributed by atoms with Gasteiger partial charge >= 0.3 is 11.9 Å². The zero-order valence-corrected chi connectivity index (χ0v) is 10.8. The molecule has 0 radical (unpaired) electrons. The predicted molar refractivity (Wildman–Crippen MR) is 68.5 cm³/mol. The average molecular weight is 264 g/mol. The molecule has 1 aliphatic rings. The highest BCUT2D eigenvalue weighted by atomic mass is 16.5. The van der Waals surface area contributed by atoms with Crippen molar-refractivity contribution in [1.29, 1.82) is 0 Å². The summed E-state index contributed by atoms with van der Waals surface area (Å²) < 4.78 is 9.46. The van der Waals surface area contributed by atoms with Crippen LogP contribution in [-0.2, 0) is 25.6 Å². The van der Waals surface area contributed by atoms with Crippen molar-refractivity contribution < 1.29 is 19.1 Å². The molecule has 0 aliphatic carbocycles. The fourth-order valence-corrected chi connectivity index (χ4v) is 2.07.